The highest BCUT2D eigenvalue weighted by atomic mass is 35.5. The van der Waals surface area contributed by atoms with Crippen LogP contribution in [0.15, 0.2) is 30.5 Å². The van der Waals surface area contributed by atoms with Gasteiger partial charge in [-0.25, -0.2) is 4.98 Å². The number of thiazole rings is 1. The molecule has 124 valence electrons. The van der Waals surface area contributed by atoms with Gasteiger partial charge in [0, 0.05) is 23.7 Å². The summed E-state index contributed by atoms with van der Waals surface area (Å²) in [7, 11) is 0. The molecule has 1 aliphatic rings. The first kappa shape index (κ1) is 16.3. The number of aromatic nitrogens is 1. The van der Waals surface area contributed by atoms with E-state index in [4.69, 9.17) is 11.6 Å². The summed E-state index contributed by atoms with van der Waals surface area (Å²) >= 11 is 6.60. The van der Waals surface area contributed by atoms with Crippen molar-refractivity contribution in [1.82, 2.24) is 4.98 Å². The Morgan fingerprint density at radius 1 is 1.42 bits per heavy atom. The number of nitrogens with zero attached hydrogens (tertiary/aromatic N) is 3. The van der Waals surface area contributed by atoms with Gasteiger partial charge in [0.1, 0.15) is 6.20 Å². The molecule has 0 saturated carbocycles. The molecule has 2 aromatic rings. The van der Waals surface area contributed by atoms with E-state index in [9.17, 15) is 19.7 Å². The third-order valence-corrected chi connectivity index (χ3v) is 4.65. The van der Waals surface area contributed by atoms with Crippen molar-refractivity contribution in [1.29, 1.82) is 0 Å². The highest BCUT2D eigenvalue weighted by molar-refractivity contribution is 7.18. The van der Waals surface area contributed by atoms with Crippen LogP contribution in [0.2, 0.25) is 5.02 Å². The zero-order chi connectivity index (χ0) is 17.3. The number of benzene rings is 1. The summed E-state index contributed by atoms with van der Waals surface area (Å²) in [5.74, 6) is -1.09. The molecule has 0 aliphatic carbocycles. The highest BCUT2D eigenvalue weighted by Gasteiger charge is 2.35. The maximum absolute atomic E-state index is 12.3. The first-order valence-corrected chi connectivity index (χ1v) is 8.10. The van der Waals surface area contributed by atoms with Crippen molar-refractivity contribution in [2.75, 3.05) is 16.8 Å². The van der Waals surface area contributed by atoms with Gasteiger partial charge < -0.3 is 10.2 Å². The van der Waals surface area contributed by atoms with Crippen LogP contribution < -0.4 is 10.2 Å². The van der Waals surface area contributed by atoms with Crippen molar-refractivity contribution in [3.8, 4) is 0 Å². The van der Waals surface area contributed by atoms with E-state index in [0.29, 0.717) is 10.7 Å². The zero-order valence-corrected chi connectivity index (χ0v) is 13.7. The van der Waals surface area contributed by atoms with Gasteiger partial charge >= 0.3 is 5.00 Å². The van der Waals surface area contributed by atoms with Crippen LogP contribution >= 0.6 is 22.9 Å². The molecule has 1 aliphatic heterocycles. The smallest absolute Gasteiger partial charge is 0.312 e. The third kappa shape index (κ3) is 3.36. The molecule has 10 heteroatoms. The maximum atomic E-state index is 12.3. The summed E-state index contributed by atoms with van der Waals surface area (Å²) in [6.45, 7) is 0.236. The lowest BCUT2D eigenvalue weighted by Gasteiger charge is -2.16. The van der Waals surface area contributed by atoms with Crippen molar-refractivity contribution in [3.63, 3.8) is 0 Å². The fourth-order valence-corrected chi connectivity index (χ4v) is 3.13. The van der Waals surface area contributed by atoms with Gasteiger partial charge in [-0.15, -0.1) is 0 Å². The van der Waals surface area contributed by atoms with E-state index in [1.165, 1.54) is 4.90 Å². The number of nitro groups is 1. The Morgan fingerprint density at radius 3 is 2.75 bits per heavy atom. The summed E-state index contributed by atoms with van der Waals surface area (Å²) in [5.41, 5.74) is 0.671. The monoisotopic (exact) mass is 366 g/mol. The number of rotatable bonds is 4. The molecule has 2 heterocycles. The Morgan fingerprint density at radius 2 is 2.12 bits per heavy atom. The number of amides is 2. The van der Waals surface area contributed by atoms with Crippen LogP contribution in [0.25, 0.3) is 0 Å². The lowest BCUT2D eigenvalue weighted by atomic mass is 10.1. The van der Waals surface area contributed by atoms with Crippen LogP contribution in [0.4, 0.5) is 15.8 Å². The number of nitrogens with one attached hydrogen (secondary N) is 1. The molecule has 8 nitrogen and oxygen atoms in total. The summed E-state index contributed by atoms with van der Waals surface area (Å²) in [4.78, 5) is 39.7. The second kappa shape index (κ2) is 6.54. The first-order chi connectivity index (χ1) is 11.4. The normalized spacial score (nSPS) is 17.1. The largest absolute Gasteiger partial charge is 0.345 e. The Bertz CT molecular complexity index is 807. The second-order valence-electron chi connectivity index (χ2n) is 5.13. The minimum absolute atomic E-state index is 0.0714. The summed E-state index contributed by atoms with van der Waals surface area (Å²) in [5, 5.41) is 13.7. The second-order valence-corrected chi connectivity index (χ2v) is 6.58. The molecule has 1 aromatic carbocycles. The predicted octanol–water partition coefficient (Wildman–Crippen LogP) is 2.70. The van der Waals surface area contributed by atoms with E-state index in [-0.39, 0.29) is 34.9 Å². The molecule has 0 spiro atoms. The standard InChI is InChI=1S/C14H11ClN4O4S/c15-9-1-3-10(4-2-9)18-7-8(5-11(18)20)13(21)17-14-16-6-12(24-14)19(22)23/h1-4,6,8H,5,7H2,(H,16,17,21)/t8-/m0/s1. The molecule has 0 bridgehead atoms. The molecule has 1 aromatic heterocycles. The lowest BCUT2D eigenvalue weighted by molar-refractivity contribution is -0.380. The molecule has 24 heavy (non-hydrogen) atoms. The van der Waals surface area contributed by atoms with Crippen LogP contribution in [0.3, 0.4) is 0 Å². The van der Waals surface area contributed by atoms with Gasteiger partial charge in [-0.3, -0.25) is 19.7 Å². The maximum Gasteiger partial charge on any atom is 0.345 e. The van der Waals surface area contributed by atoms with Crippen molar-refractivity contribution in [3.05, 3.63) is 45.6 Å². The van der Waals surface area contributed by atoms with Gasteiger partial charge in [0.2, 0.25) is 11.8 Å². The molecule has 0 unspecified atom stereocenters. The quantitative estimate of drug-likeness (QED) is 0.661. The minimum Gasteiger partial charge on any atom is -0.312 e. The third-order valence-electron chi connectivity index (χ3n) is 3.54. The van der Waals surface area contributed by atoms with E-state index < -0.39 is 10.8 Å². The van der Waals surface area contributed by atoms with Gasteiger partial charge in [0.05, 0.1) is 10.8 Å². The first-order valence-electron chi connectivity index (χ1n) is 6.91. The van der Waals surface area contributed by atoms with E-state index in [0.717, 1.165) is 17.5 Å². The summed E-state index contributed by atoms with van der Waals surface area (Å²) in [6.07, 6.45) is 1.15. The highest BCUT2D eigenvalue weighted by Crippen LogP contribution is 2.29. The van der Waals surface area contributed by atoms with Crippen LogP contribution in [0, 0.1) is 16.0 Å². The molecular weight excluding hydrogens is 356 g/mol. The Balaban J connectivity index is 1.67. The lowest BCUT2D eigenvalue weighted by Crippen LogP contribution is -2.28. The molecular formula is C14H11ClN4O4S. The number of hydrogen-bond acceptors (Lipinski definition) is 6. The summed E-state index contributed by atoms with van der Waals surface area (Å²) in [6, 6.07) is 6.77. The van der Waals surface area contributed by atoms with Gasteiger partial charge in [0.15, 0.2) is 5.13 Å². The fourth-order valence-electron chi connectivity index (χ4n) is 2.37. The van der Waals surface area contributed by atoms with Crippen molar-refractivity contribution < 1.29 is 14.5 Å². The molecule has 3 rings (SSSR count). The van der Waals surface area contributed by atoms with Crippen LogP contribution in [0.1, 0.15) is 6.42 Å². The molecule has 1 fully saturated rings. The number of carbonyl (C=O) groups excluding carboxylic acids is 2. The Kier molecular flexibility index (Phi) is 4.45. The molecule has 1 atom stereocenters. The van der Waals surface area contributed by atoms with E-state index in [2.05, 4.69) is 10.3 Å². The van der Waals surface area contributed by atoms with Crippen molar-refractivity contribution in [2.24, 2.45) is 5.92 Å². The van der Waals surface area contributed by atoms with Crippen LogP contribution in [-0.2, 0) is 9.59 Å². The van der Waals surface area contributed by atoms with Crippen molar-refractivity contribution in [2.45, 2.75) is 6.42 Å². The van der Waals surface area contributed by atoms with Gasteiger partial charge in [-0.1, -0.05) is 11.6 Å². The number of carbonyl (C=O) groups is 2. The van der Waals surface area contributed by atoms with Crippen LogP contribution in [0.5, 0.6) is 0 Å². The predicted molar refractivity (Wildman–Crippen MR) is 89.3 cm³/mol. The molecule has 0 radical (unpaired) electrons. The minimum atomic E-state index is -0.575. The van der Waals surface area contributed by atoms with Crippen LogP contribution in [-0.4, -0.2) is 28.3 Å². The van der Waals surface area contributed by atoms with E-state index >= 15 is 0 Å². The molecule has 2 amide bonds. The fraction of sp³-hybridized carbons (Fsp3) is 0.214. The number of halogens is 1. The SMILES string of the molecule is O=C(Nc1ncc([N+](=O)[O-])s1)[C@H]1CC(=O)N(c2ccc(Cl)cc2)C1. The Hall–Kier alpha value is -2.52. The average Bonchev–Trinajstić information content (AvgIpc) is 3.15. The Labute approximate surface area is 145 Å². The summed E-state index contributed by atoms with van der Waals surface area (Å²) < 4.78 is 0. The average molecular weight is 367 g/mol. The van der Waals surface area contributed by atoms with Gasteiger partial charge in [-0.05, 0) is 35.6 Å². The van der Waals surface area contributed by atoms with Gasteiger partial charge in [0.25, 0.3) is 0 Å². The molecule has 1 N–H and O–H groups in total. The van der Waals surface area contributed by atoms with E-state index in [1.807, 2.05) is 0 Å². The van der Waals surface area contributed by atoms with Crippen molar-refractivity contribution >= 4 is 50.6 Å². The number of anilines is 2. The van der Waals surface area contributed by atoms with Gasteiger partial charge in [-0.2, -0.15) is 0 Å². The van der Waals surface area contributed by atoms with E-state index in [1.54, 1.807) is 24.3 Å². The topological polar surface area (TPSA) is 105 Å². The zero-order valence-electron chi connectivity index (χ0n) is 12.1. The number of hydrogen-bond donors (Lipinski definition) is 1. The molecule has 1 saturated heterocycles.